The smallest absolute Gasteiger partial charge is 0.220 e. The fourth-order valence-corrected chi connectivity index (χ4v) is 13.5. The van der Waals surface area contributed by atoms with Crippen molar-refractivity contribution in [1.82, 2.24) is 5.32 Å². The summed E-state index contributed by atoms with van der Waals surface area (Å²) in [7, 11) is 0. The van der Waals surface area contributed by atoms with Gasteiger partial charge in [0.1, 0.15) is 24.4 Å². The maximum Gasteiger partial charge on any atom is 0.220 e. The van der Waals surface area contributed by atoms with Gasteiger partial charge in [0.05, 0.1) is 25.4 Å². The van der Waals surface area contributed by atoms with Gasteiger partial charge in [0.2, 0.25) is 5.91 Å². The van der Waals surface area contributed by atoms with Gasteiger partial charge in [-0.15, -0.1) is 0 Å². The number of nitrogens with one attached hydrogen (secondary N) is 1. The molecule has 92 heavy (non-hydrogen) atoms. The first-order valence-corrected chi connectivity index (χ1v) is 41.2. The van der Waals surface area contributed by atoms with Crippen LogP contribution in [-0.2, 0) is 14.3 Å². The second kappa shape index (κ2) is 72.2. The van der Waals surface area contributed by atoms with Crippen molar-refractivity contribution in [2.75, 3.05) is 13.2 Å². The van der Waals surface area contributed by atoms with E-state index in [1.807, 2.05) is 6.08 Å². The topological polar surface area (TPSA) is 149 Å². The Morgan fingerprint density at radius 3 is 0.913 bits per heavy atom. The van der Waals surface area contributed by atoms with Gasteiger partial charge in [0, 0.05) is 6.42 Å². The van der Waals surface area contributed by atoms with Gasteiger partial charge < -0.3 is 40.3 Å². The zero-order valence-corrected chi connectivity index (χ0v) is 61.3. The summed E-state index contributed by atoms with van der Waals surface area (Å²) in [5.74, 6) is -0.177. The lowest BCUT2D eigenvalue weighted by molar-refractivity contribution is -0.302. The van der Waals surface area contributed by atoms with E-state index in [0.717, 1.165) is 38.5 Å². The summed E-state index contributed by atoms with van der Waals surface area (Å²) in [6.45, 7) is 3.83. The van der Waals surface area contributed by atoms with Crippen LogP contribution in [0.3, 0.4) is 0 Å². The Hall–Kier alpha value is -1.59. The third-order valence-corrected chi connectivity index (χ3v) is 19.9. The van der Waals surface area contributed by atoms with Gasteiger partial charge in [0.25, 0.3) is 0 Å². The molecule has 1 fully saturated rings. The molecule has 544 valence electrons. The minimum atomic E-state index is -1.57. The van der Waals surface area contributed by atoms with Crippen LogP contribution in [0, 0.1) is 0 Å². The lowest BCUT2D eigenvalue weighted by Gasteiger charge is -2.40. The number of amides is 1. The monoisotopic (exact) mass is 1300 g/mol. The summed E-state index contributed by atoms with van der Waals surface area (Å²) in [6, 6.07) is -0.822. The molecule has 0 radical (unpaired) electrons. The number of ether oxygens (including phenoxy) is 2. The highest BCUT2D eigenvalue weighted by molar-refractivity contribution is 5.76. The van der Waals surface area contributed by atoms with E-state index in [1.54, 1.807) is 6.08 Å². The van der Waals surface area contributed by atoms with Crippen molar-refractivity contribution in [3.8, 4) is 0 Å². The van der Waals surface area contributed by atoms with Crippen LogP contribution in [0.25, 0.3) is 0 Å². The predicted octanol–water partition coefficient (Wildman–Crippen LogP) is 23.7. The van der Waals surface area contributed by atoms with Gasteiger partial charge in [-0.3, -0.25) is 4.79 Å². The summed E-state index contributed by atoms with van der Waals surface area (Å²) in [5.41, 5.74) is 0. The molecule has 1 saturated heterocycles. The number of hydrogen-bond donors (Lipinski definition) is 6. The molecule has 6 N–H and O–H groups in total. The second-order valence-electron chi connectivity index (χ2n) is 28.9. The highest BCUT2D eigenvalue weighted by atomic mass is 16.7. The molecule has 1 heterocycles. The summed E-state index contributed by atoms with van der Waals surface area (Å²) < 4.78 is 11.3. The first kappa shape index (κ1) is 88.4. The van der Waals surface area contributed by atoms with E-state index in [-0.39, 0.29) is 12.5 Å². The number of carbonyl (C=O) groups is 1. The molecule has 1 aliphatic heterocycles. The third kappa shape index (κ3) is 59.7. The number of carbonyl (C=O) groups excluding carboxylic acids is 1. The third-order valence-electron chi connectivity index (χ3n) is 19.9. The first-order valence-electron chi connectivity index (χ1n) is 41.2. The van der Waals surface area contributed by atoms with Crippen LogP contribution in [0.4, 0.5) is 0 Å². The fourth-order valence-electron chi connectivity index (χ4n) is 13.5. The van der Waals surface area contributed by atoms with Crippen LogP contribution in [0.2, 0.25) is 0 Å². The molecule has 0 saturated carbocycles. The van der Waals surface area contributed by atoms with Crippen molar-refractivity contribution < 1.29 is 39.8 Å². The van der Waals surface area contributed by atoms with E-state index in [1.165, 1.54) is 372 Å². The SMILES string of the molecule is CCCCCCCCCC/C=C\CCCCCCCCCCCCCCCCCCCCCCCCCCCC(=O)NC(COC1OC(CO)C(O)C(O)C1O)C(O)/C=C/CC/C=C/CCCCCCCCCCCCCCCCCCCCCCCCCCCC. The maximum absolute atomic E-state index is 13.2. The van der Waals surface area contributed by atoms with Crippen molar-refractivity contribution in [1.29, 1.82) is 0 Å². The zero-order chi connectivity index (χ0) is 66.4. The Morgan fingerprint density at radius 1 is 0.359 bits per heavy atom. The molecule has 0 spiro atoms. The molecule has 7 unspecified atom stereocenters. The van der Waals surface area contributed by atoms with Crippen LogP contribution < -0.4 is 5.32 Å². The van der Waals surface area contributed by atoms with Crippen molar-refractivity contribution in [3.05, 3.63) is 36.5 Å². The number of rotatable bonds is 74. The van der Waals surface area contributed by atoms with Gasteiger partial charge >= 0.3 is 0 Å². The highest BCUT2D eigenvalue weighted by Crippen LogP contribution is 2.24. The van der Waals surface area contributed by atoms with E-state index >= 15 is 0 Å². The highest BCUT2D eigenvalue weighted by Gasteiger charge is 2.44. The molecular formula is C83H159NO8. The number of unbranched alkanes of at least 4 members (excludes halogenated alkanes) is 60. The lowest BCUT2D eigenvalue weighted by Crippen LogP contribution is -2.60. The summed E-state index contributed by atoms with van der Waals surface area (Å²) in [4.78, 5) is 13.2. The van der Waals surface area contributed by atoms with Gasteiger partial charge in [-0.2, -0.15) is 0 Å². The van der Waals surface area contributed by atoms with E-state index < -0.39 is 49.5 Å². The standard InChI is InChI=1S/C83H159NO8/c1-3-5-7-9-11-13-15-17-19-21-23-25-27-29-31-33-35-37-38-39-40-41-43-45-47-49-51-53-55-57-59-61-63-65-67-69-71-73-79(87)84-76(75-91-83-82(90)81(89)80(88)78(74-85)92-83)77(86)72-70-68-66-64-62-60-58-56-54-52-50-48-46-44-42-36-34-32-30-28-26-24-22-20-18-16-14-12-10-8-6-4-2/h21,23,62,64,70,72,76-78,80-83,85-86,88-90H,3-20,22,24-61,63,65-69,71,73-75H2,1-2H3,(H,84,87)/b23-21-,64-62+,72-70+. The fraction of sp³-hybridized carbons (Fsp3) is 0.916. The largest absolute Gasteiger partial charge is 0.394 e. The molecule has 0 aliphatic carbocycles. The normalized spacial score (nSPS) is 17.8. The first-order chi connectivity index (χ1) is 45.3. The van der Waals surface area contributed by atoms with Crippen LogP contribution in [0.5, 0.6) is 0 Å². The molecule has 1 rings (SSSR count). The van der Waals surface area contributed by atoms with Crippen molar-refractivity contribution >= 4 is 5.91 Å². The van der Waals surface area contributed by atoms with E-state index in [2.05, 4.69) is 43.5 Å². The molecule has 0 bridgehead atoms. The Morgan fingerprint density at radius 2 is 0.620 bits per heavy atom. The van der Waals surface area contributed by atoms with Crippen LogP contribution in [0.15, 0.2) is 36.5 Å². The molecule has 9 heteroatoms. The van der Waals surface area contributed by atoms with Crippen molar-refractivity contribution in [3.63, 3.8) is 0 Å². The minimum Gasteiger partial charge on any atom is -0.394 e. The van der Waals surface area contributed by atoms with Crippen LogP contribution in [0.1, 0.15) is 431 Å². The quantitative estimate of drug-likeness (QED) is 0.0261. The van der Waals surface area contributed by atoms with Gasteiger partial charge in [-0.05, 0) is 57.8 Å². The molecule has 7 atom stereocenters. The Bertz CT molecular complexity index is 1550. The average Bonchev–Trinajstić information content (AvgIpc) is 1.00. The second-order valence-corrected chi connectivity index (χ2v) is 28.9. The molecule has 0 aromatic heterocycles. The Labute approximate surface area is 571 Å². The van der Waals surface area contributed by atoms with Gasteiger partial charge in [-0.1, -0.05) is 403 Å². The summed E-state index contributed by atoms with van der Waals surface area (Å²) in [6.07, 6.45) is 91.8. The Balaban J connectivity index is 2.06. The van der Waals surface area contributed by atoms with Crippen LogP contribution in [-0.4, -0.2) is 87.5 Å². The average molecular weight is 1300 g/mol. The maximum atomic E-state index is 13.2. The van der Waals surface area contributed by atoms with Crippen molar-refractivity contribution in [2.45, 2.75) is 474 Å². The van der Waals surface area contributed by atoms with E-state index in [0.29, 0.717) is 6.42 Å². The summed E-state index contributed by atoms with van der Waals surface area (Å²) >= 11 is 0. The lowest BCUT2D eigenvalue weighted by atomic mass is 9.99. The molecule has 1 aliphatic rings. The van der Waals surface area contributed by atoms with Crippen molar-refractivity contribution in [2.24, 2.45) is 0 Å². The van der Waals surface area contributed by atoms with Gasteiger partial charge in [0.15, 0.2) is 6.29 Å². The summed E-state index contributed by atoms with van der Waals surface area (Å²) in [5, 5.41) is 54.9. The number of aliphatic hydroxyl groups excluding tert-OH is 5. The number of aliphatic hydroxyl groups is 5. The number of allylic oxidation sites excluding steroid dienone is 5. The molecule has 0 aromatic rings. The predicted molar refractivity (Wildman–Crippen MR) is 397 cm³/mol. The zero-order valence-electron chi connectivity index (χ0n) is 61.3. The van der Waals surface area contributed by atoms with E-state index in [9.17, 15) is 30.3 Å². The Kier molecular flexibility index (Phi) is 69.4. The molecule has 1 amide bonds. The molecular weight excluding hydrogens is 1140 g/mol. The number of hydrogen-bond acceptors (Lipinski definition) is 8. The minimum absolute atomic E-state index is 0.177. The van der Waals surface area contributed by atoms with E-state index in [4.69, 9.17) is 9.47 Å². The molecule has 0 aromatic carbocycles. The van der Waals surface area contributed by atoms with Gasteiger partial charge in [-0.25, -0.2) is 0 Å². The molecule has 9 nitrogen and oxygen atoms in total. The van der Waals surface area contributed by atoms with Crippen LogP contribution >= 0.6 is 0 Å².